The maximum atomic E-state index is 11.7. The molecule has 0 bridgehead atoms. The van der Waals surface area contributed by atoms with Crippen molar-refractivity contribution < 1.29 is 14.3 Å². The van der Waals surface area contributed by atoms with Gasteiger partial charge in [0.1, 0.15) is 11.4 Å². The molecule has 1 aliphatic heterocycles. The van der Waals surface area contributed by atoms with Gasteiger partial charge in [0.25, 0.3) is 0 Å². The maximum absolute atomic E-state index is 11.7. The molecule has 0 spiro atoms. The van der Waals surface area contributed by atoms with Crippen molar-refractivity contribution in [3.05, 3.63) is 59.7 Å². The molecule has 0 saturated heterocycles. The lowest BCUT2D eigenvalue weighted by Gasteiger charge is -2.28. The molecular formula is C20H20O3. The van der Waals surface area contributed by atoms with Gasteiger partial charge in [0, 0.05) is 5.56 Å². The molecule has 3 rings (SSSR count). The molecule has 2 aromatic carbocycles. The van der Waals surface area contributed by atoms with Gasteiger partial charge < -0.3 is 9.47 Å². The third kappa shape index (κ3) is 3.14. The molecule has 3 heteroatoms. The highest BCUT2D eigenvalue weighted by Crippen LogP contribution is 2.37. The number of benzene rings is 2. The molecule has 0 aromatic heterocycles. The number of fused-ring (bicyclic) bond motifs is 1. The fourth-order valence-corrected chi connectivity index (χ4v) is 2.66. The van der Waals surface area contributed by atoms with Crippen LogP contribution in [0.15, 0.2) is 48.5 Å². The van der Waals surface area contributed by atoms with E-state index >= 15 is 0 Å². The van der Waals surface area contributed by atoms with E-state index in [4.69, 9.17) is 9.47 Å². The quantitative estimate of drug-likeness (QED) is 0.770. The normalized spacial score (nSPS) is 14.7. The van der Waals surface area contributed by atoms with Gasteiger partial charge in [0.05, 0.1) is 12.2 Å². The lowest BCUT2D eigenvalue weighted by molar-refractivity contribution is 0.0526. The minimum absolute atomic E-state index is 0.292. The summed E-state index contributed by atoms with van der Waals surface area (Å²) in [6.45, 7) is 6.25. The molecule has 1 aliphatic rings. The number of ether oxygens (including phenoxy) is 2. The van der Waals surface area contributed by atoms with Crippen LogP contribution in [-0.4, -0.2) is 18.2 Å². The van der Waals surface area contributed by atoms with Gasteiger partial charge in [-0.15, -0.1) is 0 Å². The van der Waals surface area contributed by atoms with Crippen molar-refractivity contribution in [1.82, 2.24) is 0 Å². The van der Waals surface area contributed by atoms with Gasteiger partial charge in [0.15, 0.2) is 0 Å². The minimum atomic E-state index is -0.292. The summed E-state index contributed by atoms with van der Waals surface area (Å²) in [5.41, 5.74) is 3.47. The summed E-state index contributed by atoms with van der Waals surface area (Å²) in [5, 5.41) is 0. The highest BCUT2D eigenvalue weighted by Gasteiger charge is 2.23. The SMILES string of the molecule is CCOC(=O)c1ccc(-c2cccc3c2C=CC(C)(C)O3)cc1. The van der Waals surface area contributed by atoms with E-state index in [-0.39, 0.29) is 11.6 Å². The Bertz CT molecular complexity index is 755. The van der Waals surface area contributed by atoms with E-state index in [0.29, 0.717) is 12.2 Å². The summed E-state index contributed by atoms with van der Waals surface area (Å²) < 4.78 is 11.0. The van der Waals surface area contributed by atoms with Gasteiger partial charge in [0.2, 0.25) is 0 Å². The summed E-state index contributed by atoms with van der Waals surface area (Å²) in [4.78, 5) is 11.7. The molecule has 2 aromatic rings. The van der Waals surface area contributed by atoms with Gasteiger partial charge in [-0.3, -0.25) is 0 Å². The minimum Gasteiger partial charge on any atom is -0.483 e. The Morgan fingerprint density at radius 2 is 1.87 bits per heavy atom. The van der Waals surface area contributed by atoms with Crippen molar-refractivity contribution >= 4 is 12.0 Å². The van der Waals surface area contributed by atoms with Crippen molar-refractivity contribution in [2.24, 2.45) is 0 Å². The molecule has 0 fully saturated rings. The van der Waals surface area contributed by atoms with E-state index < -0.39 is 0 Å². The summed E-state index contributed by atoms with van der Waals surface area (Å²) >= 11 is 0. The van der Waals surface area contributed by atoms with Crippen LogP contribution in [0.2, 0.25) is 0 Å². The lowest BCUT2D eigenvalue weighted by atomic mass is 9.94. The van der Waals surface area contributed by atoms with E-state index in [1.165, 1.54) is 0 Å². The van der Waals surface area contributed by atoms with Crippen molar-refractivity contribution in [3.63, 3.8) is 0 Å². The third-order valence-electron chi connectivity index (χ3n) is 3.80. The molecule has 0 atom stereocenters. The zero-order valence-corrected chi connectivity index (χ0v) is 13.6. The second-order valence-electron chi connectivity index (χ2n) is 6.05. The van der Waals surface area contributed by atoms with Crippen LogP contribution < -0.4 is 4.74 Å². The third-order valence-corrected chi connectivity index (χ3v) is 3.80. The average molecular weight is 308 g/mol. The lowest BCUT2D eigenvalue weighted by Crippen LogP contribution is -2.27. The summed E-state index contributed by atoms with van der Waals surface area (Å²) in [5.74, 6) is 0.587. The zero-order chi connectivity index (χ0) is 16.4. The van der Waals surface area contributed by atoms with Crippen LogP contribution in [0, 0.1) is 0 Å². The number of esters is 1. The molecule has 0 amide bonds. The first-order valence-corrected chi connectivity index (χ1v) is 7.79. The topological polar surface area (TPSA) is 35.5 Å². The van der Waals surface area contributed by atoms with Crippen molar-refractivity contribution in [2.75, 3.05) is 6.61 Å². The van der Waals surface area contributed by atoms with Crippen LogP contribution in [0.5, 0.6) is 5.75 Å². The van der Waals surface area contributed by atoms with Crippen LogP contribution in [0.3, 0.4) is 0 Å². The Hall–Kier alpha value is -2.55. The van der Waals surface area contributed by atoms with E-state index in [0.717, 1.165) is 22.4 Å². The van der Waals surface area contributed by atoms with Crippen LogP contribution >= 0.6 is 0 Å². The van der Waals surface area contributed by atoms with Gasteiger partial charge >= 0.3 is 5.97 Å². The Balaban J connectivity index is 1.96. The van der Waals surface area contributed by atoms with Gasteiger partial charge in [-0.25, -0.2) is 4.79 Å². The molecule has 0 aliphatic carbocycles. The van der Waals surface area contributed by atoms with Crippen LogP contribution in [0.1, 0.15) is 36.7 Å². The van der Waals surface area contributed by atoms with Gasteiger partial charge in [-0.05, 0) is 56.2 Å². The molecular weight excluding hydrogens is 288 g/mol. The van der Waals surface area contributed by atoms with Crippen LogP contribution in [0.25, 0.3) is 17.2 Å². The molecule has 118 valence electrons. The van der Waals surface area contributed by atoms with E-state index in [9.17, 15) is 4.79 Å². The predicted molar refractivity (Wildman–Crippen MR) is 91.6 cm³/mol. The molecule has 23 heavy (non-hydrogen) atoms. The summed E-state index contributed by atoms with van der Waals surface area (Å²) in [6.07, 6.45) is 4.17. The molecule has 3 nitrogen and oxygen atoms in total. The van der Waals surface area contributed by atoms with Crippen molar-refractivity contribution in [3.8, 4) is 16.9 Å². The Labute approximate surface area is 136 Å². The van der Waals surface area contributed by atoms with Crippen LogP contribution in [-0.2, 0) is 4.74 Å². The number of carbonyl (C=O) groups is 1. The first-order valence-electron chi connectivity index (χ1n) is 7.79. The standard InChI is InChI=1S/C20H20O3/c1-4-22-19(21)15-10-8-14(9-11-15)16-6-5-7-18-17(16)12-13-20(2,3)23-18/h5-13H,4H2,1-3H3. The summed E-state index contributed by atoms with van der Waals surface area (Å²) in [6, 6.07) is 13.5. The molecule has 0 saturated carbocycles. The highest BCUT2D eigenvalue weighted by molar-refractivity contribution is 5.90. The predicted octanol–water partition coefficient (Wildman–Crippen LogP) is 4.71. The number of hydrogen-bond acceptors (Lipinski definition) is 3. The average Bonchev–Trinajstić information content (AvgIpc) is 2.53. The van der Waals surface area contributed by atoms with Gasteiger partial charge in [-0.2, -0.15) is 0 Å². The zero-order valence-electron chi connectivity index (χ0n) is 13.6. The first kappa shape index (κ1) is 15.3. The number of hydrogen-bond donors (Lipinski definition) is 0. The van der Waals surface area contributed by atoms with Crippen molar-refractivity contribution in [1.29, 1.82) is 0 Å². The largest absolute Gasteiger partial charge is 0.483 e. The maximum Gasteiger partial charge on any atom is 0.338 e. The molecule has 1 heterocycles. The van der Waals surface area contributed by atoms with Crippen LogP contribution in [0.4, 0.5) is 0 Å². The Kier molecular flexibility index (Phi) is 3.95. The monoisotopic (exact) mass is 308 g/mol. The van der Waals surface area contributed by atoms with Gasteiger partial charge in [-0.1, -0.05) is 30.3 Å². The van der Waals surface area contributed by atoms with E-state index in [2.05, 4.69) is 18.2 Å². The highest BCUT2D eigenvalue weighted by atomic mass is 16.5. The van der Waals surface area contributed by atoms with Crippen molar-refractivity contribution in [2.45, 2.75) is 26.4 Å². The number of carbonyl (C=O) groups excluding carboxylic acids is 1. The van der Waals surface area contributed by atoms with E-state index in [1.807, 2.05) is 38.1 Å². The molecule has 0 N–H and O–H groups in total. The second kappa shape index (κ2) is 5.92. The Morgan fingerprint density at radius 1 is 1.13 bits per heavy atom. The number of rotatable bonds is 3. The fourth-order valence-electron chi connectivity index (χ4n) is 2.66. The van der Waals surface area contributed by atoms with E-state index in [1.54, 1.807) is 19.1 Å². The second-order valence-corrected chi connectivity index (χ2v) is 6.05. The first-order chi connectivity index (χ1) is 11.0. The molecule has 0 unspecified atom stereocenters. The molecule has 0 radical (unpaired) electrons. The Morgan fingerprint density at radius 3 is 2.57 bits per heavy atom. The summed E-state index contributed by atoms with van der Waals surface area (Å²) in [7, 11) is 0. The smallest absolute Gasteiger partial charge is 0.338 e. The fraction of sp³-hybridized carbons (Fsp3) is 0.250.